The number of methoxy groups -OCH3 is 2. The second-order valence-electron chi connectivity index (χ2n) is 5.01. The molecule has 2 aromatic carbocycles. The largest absolute Gasteiger partial charge is 0.496 e. The highest BCUT2D eigenvalue weighted by Crippen LogP contribution is 2.30. The van der Waals surface area contributed by atoms with Gasteiger partial charge in [0.2, 0.25) is 5.82 Å². The van der Waals surface area contributed by atoms with Crippen LogP contribution in [-0.2, 0) is 0 Å². The van der Waals surface area contributed by atoms with E-state index in [1.54, 1.807) is 19.2 Å². The Kier molecular flexibility index (Phi) is 5.00. The lowest BCUT2D eigenvalue weighted by atomic mass is 10.2. The van der Waals surface area contributed by atoms with Gasteiger partial charge in [-0.1, -0.05) is 35.0 Å². The van der Waals surface area contributed by atoms with Crippen LogP contribution in [0.3, 0.4) is 0 Å². The van der Waals surface area contributed by atoms with Gasteiger partial charge in [-0.25, -0.2) is 4.39 Å². The summed E-state index contributed by atoms with van der Waals surface area (Å²) in [6.45, 7) is 0. The molecule has 0 radical (unpaired) electrons. The first kappa shape index (κ1) is 17.0. The minimum Gasteiger partial charge on any atom is -0.496 e. The predicted molar refractivity (Wildman–Crippen MR) is 93.0 cm³/mol. The van der Waals surface area contributed by atoms with Gasteiger partial charge in [0.05, 0.1) is 19.8 Å². The molecule has 0 unspecified atom stereocenters. The van der Waals surface area contributed by atoms with Gasteiger partial charge in [0.15, 0.2) is 11.6 Å². The van der Waals surface area contributed by atoms with Gasteiger partial charge in [-0.05, 0) is 35.9 Å². The fourth-order valence-corrected chi connectivity index (χ4v) is 2.44. The summed E-state index contributed by atoms with van der Waals surface area (Å²) in [5.41, 5.74) is 1.22. The highest BCUT2D eigenvalue weighted by atomic mass is 35.5. The van der Waals surface area contributed by atoms with Crippen molar-refractivity contribution in [3.63, 3.8) is 0 Å². The summed E-state index contributed by atoms with van der Waals surface area (Å²) in [6.07, 6.45) is 1.53. The summed E-state index contributed by atoms with van der Waals surface area (Å²) in [5.74, 6) is 0.761. The van der Waals surface area contributed by atoms with Crippen LogP contribution in [0.25, 0.3) is 22.5 Å². The Balaban J connectivity index is 1.90. The molecule has 3 rings (SSSR count). The third-order valence-corrected chi connectivity index (χ3v) is 3.72. The lowest BCUT2D eigenvalue weighted by Crippen LogP contribution is -1.89. The maximum absolute atomic E-state index is 13.7. The minimum absolute atomic E-state index is 0.124. The maximum Gasteiger partial charge on any atom is 0.269 e. The predicted octanol–water partition coefficient (Wildman–Crippen LogP) is 4.63. The van der Waals surface area contributed by atoms with E-state index >= 15 is 0 Å². The normalized spacial score (nSPS) is 11.4. The van der Waals surface area contributed by atoms with Crippen molar-refractivity contribution in [3.05, 3.63) is 59.7 Å². The smallest absolute Gasteiger partial charge is 0.269 e. The number of ether oxygens (including phenoxy) is 2. The third-order valence-electron chi connectivity index (χ3n) is 3.45. The van der Waals surface area contributed by atoms with Crippen molar-refractivity contribution in [1.29, 1.82) is 0 Å². The molecule has 0 aliphatic heterocycles. The van der Waals surface area contributed by atoms with Crippen LogP contribution in [0.5, 0.6) is 11.5 Å². The molecule has 0 saturated carbocycles. The molecule has 7 heteroatoms. The van der Waals surface area contributed by atoms with Crippen LogP contribution in [0.4, 0.5) is 4.39 Å². The van der Waals surface area contributed by atoms with Gasteiger partial charge >= 0.3 is 0 Å². The van der Waals surface area contributed by atoms with Crippen molar-refractivity contribution in [2.75, 3.05) is 14.2 Å². The first-order valence-electron chi connectivity index (χ1n) is 7.30. The Bertz CT molecular complexity index is 924. The molecule has 128 valence electrons. The van der Waals surface area contributed by atoms with Gasteiger partial charge in [-0.3, -0.25) is 0 Å². The Morgan fingerprint density at radius 1 is 1.12 bits per heavy atom. The summed E-state index contributed by atoms with van der Waals surface area (Å²) in [7, 11) is 2.96. The van der Waals surface area contributed by atoms with Gasteiger partial charge in [0, 0.05) is 0 Å². The monoisotopic (exact) mass is 360 g/mol. The zero-order valence-corrected chi connectivity index (χ0v) is 14.2. The first-order chi connectivity index (χ1) is 12.1. The van der Waals surface area contributed by atoms with Gasteiger partial charge in [0.1, 0.15) is 10.8 Å². The second kappa shape index (κ2) is 7.36. The molecule has 3 aromatic rings. The zero-order chi connectivity index (χ0) is 17.8. The number of halogens is 2. The van der Waals surface area contributed by atoms with Crippen molar-refractivity contribution in [2.45, 2.75) is 0 Å². The molecule has 0 atom stereocenters. The molecule has 25 heavy (non-hydrogen) atoms. The maximum atomic E-state index is 13.7. The molecule has 0 amide bonds. The van der Waals surface area contributed by atoms with Crippen molar-refractivity contribution in [3.8, 4) is 22.9 Å². The summed E-state index contributed by atoms with van der Waals surface area (Å²) < 4.78 is 29.1. The average molecular weight is 361 g/mol. The Hall–Kier alpha value is -2.86. The summed E-state index contributed by atoms with van der Waals surface area (Å²) in [5, 5.41) is 4.11. The van der Waals surface area contributed by atoms with Gasteiger partial charge < -0.3 is 14.0 Å². The van der Waals surface area contributed by atoms with Crippen LogP contribution in [0.15, 0.2) is 47.0 Å². The van der Waals surface area contributed by atoms with E-state index in [4.69, 9.17) is 25.6 Å². The number of aromatic nitrogens is 2. The van der Waals surface area contributed by atoms with E-state index in [0.717, 1.165) is 0 Å². The Labute approximate surface area is 148 Å². The molecule has 0 bridgehead atoms. The standard InChI is InChI=1S/C18H14ClFN2O3/c1-23-15-6-4-3-5-12(15)17-21-18(25-22-17)13(19)9-11-7-8-16(24-2)14(20)10-11/h3-10H,1-2H3/b13-9-. The van der Waals surface area contributed by atoms with Gasteiger partial charge in [0.25, 0.3) is 5.89 Å². The lowest BCUT2D eigenvalue weighted by molar-refractivity contribution is 0.386. The summed E-state index contributed by atoms with van der Waals surface area (Å²) in [6, 6.07) is 11.8. The van der Waals surface area contributed by atoms with E-state index < -0.39 is 5.82 Å². The number of hydrogen-bond acceptors (Lipinski definition) is 5. The number of benzene rings is 2. The summed E-state index contributed by atoms with van der Waals surface area (Å²) >= 11 is 6.22. The first-order valence-corrected chi connectivity index (χ1v) is 7.68. The number of nitrogens with zero attached hydrogens (tertiary/aromatic N) is 2. The van der Waals surface area contributed by atoms with E-state index in [0.29, 0.717) is 22.7 Å². The molecule has 0 saturated heterocycles. The molecule has 0 N–H and O–H groups in total. The molecule has 0 fully saturated rings. The topological polar surface area (TPSA) is 57.4 Å². The SMILES string of the molecule is COc1ccc(/C=C(\Cl)c2nc(-c3ccccc3OC)no2)cc1F. The highest BCUT2D eigenvalue weighted by molar-refractivity contribution is 6.50. The van der Waals surface area contributed by atoms with Crippen molar-refractivity contribution in [2.24, 2.45) is 0 Å². The fourth-order valence-electron chi connectivity index (χ4n) is 2.24. The van der Waals surface area contributed by atoms with Gasteiger partial charge in [-0.2, -0.15) is 4.98 Å². The molecule has 1 heterocycles. The van der Waals surface area contributed by atoms with Crippen LogP contribution < -0.4 is 9.47 Å². The Morgan fingerprint density at radius 3 is 2.60 bits per heavy atom. The average Bonchev–Trinajstić information content (AvgIpc) is 3.12. The van der Waals surface area contributed by atoms with Crippen LogP contribution in [-0.4, -0.2) is 24.4 Å². The van der Waals surface area contributed by atoms with E-state index in [-0.39, 0.29) is 16.7 Å². The Morgan fingerprint density at radius 2 is 1.88 bits per heavy atom. The number of rotatable bonds is 5. The van der Waals surface area contributed by atoms with E-state index in [9.17, 15) is 4.39 Å². The zero-order valence-electron chi connectivity index (χ0n) is 13.5. The second-order valence-corrected chi connectivity index (χ2v) is 5.42. The van der Waals surface area contributed by atoms with Crippen LogP contribution in [0, 0.1) is 5.82 Å². The highest BCUT2D eigenvalue weighted by Gasteiger charge is 2.15. The van der Waals surface area contributed by atoms with Crippen molar-refractivity contribution >= 4 is 22.7 Å². The number of para-hydroxylation sites is 1. The van der Waals surface area contributed by atoms with Crippen molar-refractivity contribution in [1.82, 2.24) is 10.1 Å². The molecule has 0 aliphatic carbocycles. The van der Waals surface area contributed by atoms with Crippen LogP contribution >= 0.6 is 11.6 Å². The van der Waals surface area contributed by atoms with E-state index in [1.807, 2.05) is 18.2 Å². The molecule has 1 aromatic heterocycles. The quantitative estimate of drug-likeness (QED) is 0.664. The van der Waals surface area contributed by atoms with Crippen LogP contribution in [0.1, 0.15) is 11.5 Å². The van der Waals surface area contributed by atoms with Crippen LogP contribution in [0.2, 0.25) is 0 Å². The van der Waals surface area contributed by atoms with Gasteiger partial charge in [-0.15, -0.1) is 0 Å². The number of hydrogen-bond donors (Lipinski definition) is 0. The molecule has 5 nitrogen and oxygen atoms in total. The molecular formula is C18H14ClFN2O3. The lowest BCUT2D eigenvalue weighted by Gasteiger charge is -2.03. The fraction of sp³-hybridized carbons (Fsp3) is 0.111. The van der Waals surface area contributed by atoms with E-state index in [2.05, 4.69) is 10.1 Å². The molecule has 0 spiro atoms. The van der Waals surface area contributed by atoms with E-state index in [1.165, 1.54) is 25.3 Å². The minimum atomic E-state index is -0.485. The molecular weight excluding hydrogens is 347 g/mol. The molecule has 0 aliphatic rings. The summed E-state index contributed by atoms with van der Waals surface area (Å²) in [4.78, 5) is 4.26. The third kappa shape index (κ3) is 3.64. The van der Waals surface area contributed by atoms with Crippen molar-refractivity contribution < 1.29 is 18.4 Å².